The molecule has 2 aliphatic rings. The maximum Gasteiger partial charge on any atom is 0.240 e. The summed E-state index contributed by atoms with van der Waals surface area (Å²) < 4.78 is 28.0. The lowest BCUT2D eigenvalue weighted by Gasteiger charge is -2.29. The molecule has 7 heteroatoms. The minimum atomic E-state index is -3.55. The molecule has 22 heavy (non-hydrogen) atoms. The molecule has 0 unspecified atom stereocenters. The molecule has 2 N–H and O–H groups in total. The summed E-state index contributed by atoms with van der Waals surface area (Å²) in [6.07, 6.45) is 4.18. The number of fused-ring (bicyclic) bond motifs is 1. The van der Waals surface area contributed by atoms with Gasteiger partial charge in [-0.05, 0) is 37.0 Å². The number of amides is 1. The minimum Gasteiger partial charge on any atom is -0.324 e. The van der Waals surface area contributed by atoms with Crippen molar-refractivity contribution in [3.63, 3.8) is 0 Å². The van der Waals surface area contributed by atoms with Gasteiger partial charge < -0.3 is 5.32 Å². The maximum atomic E-state index is 12.6. The standard InChI is InChI=1S/C15H20N2O3S2/c1-10-4-2-3-5-12(10)17-22(19,20)11-6-7-14-13(8-11)16-15(18)9-21-14/h6-8,10,12,17H,2-5,9H2,1H3,(H,16,18)/t10-,12-/m0/s1. The van der Waals surface area contributed by atoms with Crippen LogP contribution in [0, 0.1) is 5.92 Å². The molecule has 1 amide bonds. The Kier molecular flexibility index (Phi) is 4.47. The monoisotopic (exact) mass is 340 g/mol. The normalized spacial score (nSPS) is 25.4. The van der Waals surface area contributed by atoms with Crippen molar-refractivity contribution in [3.05, 3.63) is 18.2 Å². The Bertz CT molecular complexity index is 688. The van der Waals surface area contributed by atoms with E-state index in [1.54, 1.807) is 18.2 Å². The molecular formula is C15H20N2O3S2. The van der Waals surface area contributed by atoms with E-state index in [4.69, 9.17) is 0 Å². The van der Waals surface area contributed by atoms with Crippen LogP contribution in [0.15, 0.2) is 28.0 Å². The van der Waals surface area contributed by atoms with Crippen molar-refractivity contribution in [2.24, 2.45) is 5.92 Å². The lowest BCUT2D eigenvalue weighted by atomic mass is 9.87. The predicted octanol–water partition coefficient (Wildman–Crippen LogP) is 2.59. The van der Waals surface area contributed by atoms with Crippen LogP contribution in [0.4, 0.5) is 5.69 Å². The molecule has 1 aromatic carbocycles. The van der Waals surface area contributed by atoms with Gasteiger partial charge in [-0.15, -0.1) is 11.8 Å². The van der Waals surface area contributed by atoms with Crippen LogP contribution in [0.25, 0.3) is 0 Å². The second-order valence-electron chi connectivity index (χ2n) is 5.98. The molecule has 0 saturated heterocycles. The van der Waals surface area contributed by atoms with Gasteiger partial charge in [0.25, 0.3) is 0 Å². The molecule has 1 fully saturated rings. The maximum absolute atomic E-state index is 12.6. The van der Waals surface area contributed by atoms with Crippen molar-refractivity contribution in [1.29, 1.82) is 0 Å². The topological polar surface area (TPSA) is 75.3 Å². The van der Waals surface area contributed by atoms with Crippen LogP contribution >= 0.6 is 11.8 Å². The third-order valence-corrected chi connectivity index (χ3v) is 6.87. The Labute approximate surface area is 135 Å². The van der Waals surface area contributed by atoms with Gasteiger partial charge in [-0.25, -0.2) is 13.1 Å². The van der Waals surface area contributed by atoms with Gasteiger partial charge in [0.05, 0.1) is 16.3 Å². The summed E-state index contributed by atoms with van der Waals surface area (Å²) in [5.74, 6) is 0.633. The van der Waals surface area contributed by atoms with Crippen molar-refractivity contribution in [2.45, 2.75) is 48.4 Å². The first-order valence-electron chi connectivity index (χ1n) is 7.55. The molecule has 120 valence electrons. The summed E-state index contributed by atoms with van der Waals surface area (Å²) in [4.78, 5) is 12.6. The van der Waals surface area contributed by atoms with Crippen LogP contribution in [0.1, 0.15) is 32.6 Å². The van der Waals surface area contributed by atoms with Crippen molar-refractivity contribution >= 4 is 33.4 Å². The van der Waals surface area contributed by atoms with E-state index in [1.807, 2.05) is 0 Å². The van der Waals surface area contributed by atoms with E-state index in [-0.39, 0.29) is 16.8 Å². The predicted molar refractivity (Wildman–Crippen MR) is 87.5 cm³/mol. The Morgan fingerprint density at radius 1 is 1.27 bits per heavy atom. The highest BCUT2D eigenvalue weighted by Crippen LogP contribution is 2.33. The number of hydrogen-bond donors (Lipinski definition) is 2. The summed E-state index contributed by atoms with van der Waals surface area (Å²) in [6, 6.07) is 4.92. The van der Waals surface area contributed by atoms with E-state index in [2.05, 4.69) is 17.0 Å². The second-order valence-corrected chi connectivity index (χ2v) is 8.72. The van der Waals surface area contributed by atoms with Crippen LogP contribution in [-0.2, 0) is 14.8 Å². The van der Waals surface area contributed by atoms with Gasteiger partial charge in [0.1, 0.15) is 0 Å². The zero-order valence-electron chi connectivity index (χ0n) is 12.5. The lowest BCUT2D eigenvalue weighted by Crippen LogP contribution is -2.41. The molecule has 0 radical (unpaired) electrons. The first-order chi connectivity index (χ1) is 10.5. The SMILES string of the molecule is C[C@H]1CCCC[C@@H]1NS(=O)(=O)c1ccc2c(c1)NC(=O)CS2. The molecule has 1 aliphatic carbocycles. The van der Waals surface area contributed by atoms with Gasteiger partial charge in [0, 0.05) is 10.9 Å². The summed E-state index contributed by atoms with van der Waals surface area (Å²) >= 11 is 1.42. The Balaban J connectivity index is 1.83. The average Bonchev–Trinajstić information content (AvgIpc) is 2.48. The van der Waals surface area contributed by atoms with E-state index in [9.17, 15) is 13.2 Å². The molecule has 1 saturated carbocycles. The Morgan fingerprint density at radius 3 is 2.82 bits per heavy atom. The summed E-state index contributed by atoms with van der Waals surface area (Å²) in [7, 11) is -3.55. The van der Waals surface area contributed by atoms with Crippen LogP contribution < -0.4 is 10.0 Å². The van der Waals surface area contributed by atoms with Gasteiger partial charge in [0.2, 0.25) is 15.9 Å². The second kappa shape index (κ2) is 6.22. The molecule has 0 spiro atoms. The molecule has 1 heterocycles. The molecular weight excluding hydrogens is 320 g/mol. The van der Waals surface area contributed by atoms with E-state index >= 15 is 0 Å². The fourth-order valence-electron chi connectivity index (χ4n) is 2.99. The van der Waals surface area contributed by atoms with Crippen molar-refractivity contribution in [3.8, 4) is 0 Å². The third-order valence-electron chi connectivity index (χ3n) is 4.31. The summed E-state index contributed by atoms with van der Waals surface area (Å²) in [5.41, 5.74) is 0.584. The molecule has 3 rings (SSSR count). The fraction of sp³-hybridized carbons (Fsp3) is 0.533. The zero-order chi connectivity index (χ0) is 15.7. The largest absolute Gasteiger partial charge is 0.324 e. The number of sulfonamides is 1. The number of thioether (sulfide) groups is 1. The van der Waals surface area contributed by atoms with Gasteiger partial charge in [-0.2, -0.15) is 0 Å². The van der Waals surface area contributed by atoms with Gasteiger partial charge in [0.15, 0.2) is 0 Å². The molecule has 2 atom stereocenters. The van der Waals surface area contributed by atoms with E-state index in [1.165, 1.54) is 18.2 Å². The Morgan fingerprint density at radius 2 is 2.05 bits per heavy atom. The summed E-state index contributed by atoms with van der Waals surface area (Å²) in [5, 5.41) is 2.73. The first kappa shape index (κ1) is 15.8. The quantitative estimate of drug-likeness (QED) is 0.887. The molecule has 0 aromatic heterocycles. The van der Waals surface area contributed by atoms with Crippen LogP contribution in [0.3, 0.4) is 0 Å². The van der Waals surface area contributed by atoms with Crippen molar-refractivity contribution in [1.82, 2.24) is 4.72 Å². The summed E-state index contributed by atoms with van der Waals surface area (Å²) in [6.45, 7) is 2.09. The Hall–Kier alpha value is -1.05. The number of hydrogen-bond acceptors (Lipinski definition) is 4. The highest BCUT2D eigenvalue weighted by Gasteiger charge is 2.27. The van der Waals surface area contributed by atoms with Crippen LogP contribution in [0.2, 0.25) is 0 Å². The smallest absolute Gasteiger partial charge is 0.240 e. The van der Waals surface area contributed by atoms with Crippen LogP contribution in [0.5, 0.6) is 0 Å². The van der Waals surface area contributed by atoms with Crippen molar-refractivity contribution in [2.75, 3.05) is 11.1 Å². The fourth-order valence-corrected chi connectivity index (χ4v) is 5.18. The number of carbonyl (C=O) groups excluding carboxylic acids is 1. The number of benzene rings is 1. The minimum absolute atomic E-state index is 0.00116. The van der Waals surface area contributed by atoms with Gasteiger partial charge in [-0.1, -0.05) is 19.8 Å². The number of carbonyl (C=O) groups is 1. The van der Waals surface area contributed by atoms with Gasteiger partial charge >= 0.3 is 0 Å². The van der Waals surface area contributed by atoms with E-state index < -0.39 is 10.0 Å². The van der Waals surface area contributed by atoms with Crippen LogP contribution in [-0.4, -0.2) is 26.1 Å². The third kappa shape index (κ3) is 3.31. The molecule has 0 bridgehead atoms. The number of anilines is 1. The van der Waals surface area contributed by atoms with E-state index in [0.717, 1.165) is 24.2 Å². The highest BCUT2D eigenvalue weighted by molar-refractivity contribution is 8.00. The molecule has 1 aromatic rings. The molecule has 5 nitrogen and oxygen atoms in total. The average molecular weight is 340 g/mol. The zero-order valence-corrected chi connectivity index (χ0v) is 14.1. The van der Waals surface area contributed by atoms with Gasteiger partial charge in [-0.3, -0.25) is 4.79 Å². The first-order valence-corrected chi connectivity index (χ1v) is 10.0. The number of nitrogens with one attached hydrogen (secondary N) is 2. The van der Waals surface area contributed by atoms with E-state index in [0.29, 0.717) is 17.4 Å². The molecule has 1 aliphatic heterocycles. The van der Waals surface area contributed by atoms with Crippen molar-refractivity contribution < 1.29 is 13.2 Å². The highest BCUT2D eigenvalue weighted by atomic mass is 32.2. The number of rotatable bonds is 3. The lowest BCUT2D eigenvalue weighted by molar-refractivity contribution is -0.113.